The molecular formula is C24H27N3O4S2. The maximum atomic E-state index is 13.1. The van der Waals surface area contributed by atoms with Crippen molar-refractivity contribution in [2.45, 2.75) is 38.0 Å². The predicted molar refractivity (Wildman–Crippen MR) is 130 cm³/mol. The van der Waals surface area contributed by atoms with Crippen LogP contribution in [0.15, 0.2) is 53.4 Å². The molecule has 7 nitrogen and oxygen atoms in total. The fourth-order valence-corrected chi connectivity index (χ4v) is 6.30. The van der Waals surface area contributed by atoms with Gasteiger partial charge in [-0.25, -0.2) is 13.4 Å². The standard InChI is InChI=1S/C24H27N3O4S2/c1-3-31-21-13-12-19(33(29,30)27-14-8-5-9-15-27)16-20(21)26-23(28)22-17(2)25-24(32-22)18-10-6-4-7-11-18/h4,6-7,10-13,16H,3,5,8-9,14-15H2,1-2H3,(H,26,28). The minimum absolute atomic E-state index is 0.147. The Hall–Kier alpha value is -2.75. The van der Waals surface area contributed by atoms with Crippen LogP contribution >= 0.6 is 11.3 Å². The van der Waals surface area contributed by atoms with E-state index in [0.29, 0.717) is 41.7 Å². The van der Waals surface area contributed by atoms with Gasteiger partial charge in [0, 0.05) is 18.7 Å². The van der Waals surface area contributed by atoms with Gasteiger partial charge in [0.2, 0.25) is 10.0 Å². The number of carbonyl (C=O) groups excluding carboxylic acids is 1. The van der Waals surface area contributed by atoms with E-state index in [1.807, 2.05) is 37.3 Å². The van der Waals surface area contributed by atoms with E-state index < -0.39 is 10.0 Å². The molecule has 2 aromatic carbocycles. The second kappa shape index (κ2) is 10.0. The van der Waals surface area contributed by atoms with Crippen LogP contribution in [-0.2, 0) is 10.0 Å². The molecule has 1 amide bonds. The van der Waals surface area contributed by atoms with Crippen molar-refractivity contribution in [3.05, 3.63) is 59.1 Å². The van der Waals surface area contributed by atoms with Crippen LogP contribution in [0.25, 0.3) is 10.6 Å². The zero-order chi connectivity index (χ0) is 23.4. The third-order valence-corrected chi connectivity index (χ3v) is 8.58. The normalized spacial score (nSPS) is 14.7. The van der Waals surface area contributed by atoms with Crippen LogP contribution < -0.4 is 10.1 Å². The van der Waals surface area contributed by atoms with Crippen molar-refractivity contribution >= 4 is 33.0 Å². The monoisotopic (exact) mass is 485 g/mol. The number of aromatic nitrogens is 1. The molecule has 1 N–H and O–H groups in total. The Morgan fingerprint density at radius 1 is 1.12 bits per heavy atom. The van der Waals surface area contributed by atoms with Crippen molar-refractivity contribution < 1.29 is 17.9 Å². The average Bonchev–Trinajstić information content (AvgIpc) is 3.23. The summed E-state index contributed by atoms with van der Waals surface area (Å²) in [6, 6.07) is 14.3. The molecular weight excluding hydrogens is 458 g/mol. The Morgan fingerprint density at radius 3 is 2.55 bits per heavy atom. The van der Waals surface area contributed by atoms with Crippen LogP contribution in [0.5, 0.6) is 5.75 Å². The summed E-state index contributed by atoms with van der Waals surface area (Å²) in [5.74, 6) is 0.0783. The number of rotatable bonds is 7. The first kappa shape index (κ1) is 23.4. The van der Waals surface area contributed by atoms with E-state index in [9.17, 15) is 13.2 Å². The van der Waals surface area contributed by atoms with Crippen molar-refractivity contribution in [2.75, 3.05) is 25.0 Å². The Labute approximate surface area is 198 Å². The second-order valence-electron chi connectivity index (χ2n) is 7.81. The summed E-state index contributed by atoms with van der Waals surface area (Å²) in [6.07, 6.45) is 2.75. The minimum Gasteiger partial charge on any atom is -0.492 e. The van der Waals surface area contributed by atoms with Gasteiger partial charge < -0.3 is 10.1 Å². The Balaban J connectivity index is 1.63. The number of piperidine rings is 1. The zero-order valence-electron chi connectivity index (χ0n) is 18.7. The summed E-state index contributed by atoms with van der Waals surface area (Å²) in [7, 11) is -3.64. The van der Waals surface area contributed by atoms with E-state index in [1.165, 1.54) is 27.8 Å². The topological polar surface area (TPSA) is 88.6 Å². The summed E-state index contributed by atoms with van der Waals surface area (Å²) in [5.41, 5.74) is 1.88. The van der Waals surface area contributed by atoms with Crippen LogP contribution in [0.3, 0.4) is 0 Å². The van der Waals surface area contributed by atoms with Crippen LogP contribution in [0.1, 0.15) is 41.6 Å². The summed E-state index contributed by atoms with van der Waals surface area (Å²) in [5, 5.41) is 3.61. The lowest BCUT2D eigenvalue weighted by molar-refractivity contribution is 0.102. The molecule has 1 fully saturated rings. The van der Waals surface area contributed by atoms with Gasteiger partial charge in [-0.1, -0.05) is 36.8 Å². The third-order valence-electron chi connectivity index (χ3n) is 5.48. The Bertz CT molecular complexity index is 1230. The number of benzene rings is 2. The summed E-state index contributed by atoms with van der Waals surface area (Å²) < 4.78 is 33.5. The number of nitrogens with one attached hydrogen (secondary N) is 1. The first-order chi connectivity index (χ1) is 15.9. The van der Waals surface area contributed by atoms with Gasteiger partial charge >= 0.3 is 0 Å². The Kier molecular flexibility index (Phi) is 7.11. The van der Waals surface area contributed by atoms with Gasteiger partial charge in [0.15, 0.2) is 0 Å². The molecule has 3 aromatic rings. The number of thiazole rings is 1. The summed E-state index contributed by atoms with van der Waals surface area (Å²) >= 11 is 1.30. The summed E-state index contributed by atoms with van der Waals surface area (Å²) in [6.45, 7) is 5.04. The molecule has 4 rings (SSSR count). The van der Waals surface area contributed by atoms with Gasteiger partial charge in [-0.15, -0.1) is 11.3 Å². The molecule has 1 aliphatic rings. The second-order valence-corrected chi connectivity index (χ2v) is 10.7. The Morgan fingerprint density at radius 2 is 1.85 bits per heavy atom. The average molecular weight is 486 g/mol. The predicted octanol–water partition coefficient (Wildman–Crippen LogP) is 4.94. The van der Waals surface area contributed by atoms with Gasteiger partial charge in [0.25, 0.3) is 5.91 Å². The van der Waals surface area contributed by atoms with Crippen LogP contribution in [0.4, 0.5) is 5.69 Å². The van der Waals surface area contributed by atoms with E-state index in [1.54, 1.807) is 13.0 Å². The zero-order valence-corrected chi connectivity index (χ0v) is 20.3. The quantitative estimate of drug-likeness (QED) is 0.512. The van der Waals surface area contributed by atoms with Gasteiger partial charge in [-0.3, -0.25) is 4.79 Å². The van der Waals surface area contributed by atoms with Gasteiger partial charge in [-0.05, 0) is 44.9 Å². The lowest BCUT2D eigenvalue weighted by Gasteiger charge is -2.26. The number of anilines is 1. The number of nitrogens with zero attached hydrogens (tertiary/aromatic N) is 2. The molecule has 0 unspecified atom stereocenters. The molecule has 2 heterocycles. The fraction of sp³-hybridized carbons (Fsp3) is 0.333. The molecule has 0 bridgehead atoms. The molecule has 0 spiro atoms. The van der Waals surface area contributed by atoms with Gasteiger partial charge in [-0.2, -0.15) is 4.31 Å². The van der Waals surface area contributed by atoms with E-state index in [-0.39, 0.29) is 10.8 Å². The van der Waals surface area contributed by atoms with Gasteiger partial charge in [0.1, 0.15) is 15.6 Å². The van der Waals surface area contributed by atoms with Crippen molar-refractivity contribution in [1.29, 1.82) is 0 Å². The van der Waals surface area contributed by atoms with E-state index in [2.05, 4.69) is 10.3 Å². The molecule has 174 valence electrons. The molecule has 0 saturated carbocycles. The van der Waals surface area contributed by atoms with Crippen molar-refractivity contribution in [3.63, 3.8) is 0 Å². The third kappa shape index (κ3) is 5.10. The van der Waals surface area contributed by atoms with Crippen LogP contribution in [0, 0.1) is 6.92 Å². The van der Waals surface area contributed by atoms with E-state index >= 15 is 0 Å². The van der Waals surface area contributed by atoms with E-state index in [0.717, 1.165) is 29.8 Å². The number of hydrogen-bond donors (Lipinski definition) is 1. The highest BCUT2D eigenvalue weighted by molar-refractivity contribution is 7.89. The largest absolute Gasteiger partial charge is 0.492 e. The number of hydrogen-bond acceptors (Lipinski definition) is 6. The van der Waals surface area contributed by atoms with Gasteiger partial charge in [0.05, 0.1) is 22.9 Å². The molecule has 33 heavy (non-hydrogen) atoms. The lowest BCUT2D eigenvalue weighted by atomic mass is 10.2. The number of carbonyl (C=O) groups is 1. The molecule has 0 atom stereocenters. The van der Waals surface area contributed by atoms with Crippen LogP contribution in [0.2, 0.25) is 0 Å². The lowest BCUT2D eigenvalue weighted by Crippen LogP contribution is -2.35. The molecule has 1 aliphatic heterocycles. The van der Waals surface area contributed by atoms with Crippen LogP contribution in [-0.4, -0.2) is 43.3 Å². The number of amides is 1. The summed E-state index contributed by atoms with van der Waals surface area (Å²) in [4.78, 5) is 18.3. The van der Waals surface area contributed by atoms with Crippen molar-refractivity contribution in [3.8, 4) is 16.3 Å². The maximum absolute atomic E-state index is 13.1. The minimum atomic E-state index is -3.64. The van der Waals surface area contributed by atoms with Crippen molar-refractivity contribution in [2.24, 2.45) is 0 Å². The highest BCUT2D eigenvalue weighted by Gasteiger charge is 2.27. The molecule has 9 heteroatoms. The molecule has 0 radical (unpaired) electrons. The molecule has 1 saturated heterocycles. The fourth-order valence-electron chi connectivity index (χ4n) is 3.79. The smallest absolute Gasteiger partial charge is 0.267 e. The number of aryl methyl sites for hydroxylation is 1. The van der Waals surface area contributed by atoms with E-state index in [4.69, 9.17) is 4.74 Å². The first-order valence-electron chi connectivity index (χ1n) is 11.0. The number of ether oxygens (including phenoxy) is 1. The molecule has 0 aliphatic carbocycles. The maximum Gasteiger partial charge on any atom is 0.267 e. The highest BCUT2D eigenvalue weighted by atomic mass is 32.2. The highest BCUT2D eigenvalue weighted by Crippen LogP contribution is 2.33. The van der Waals surface area contributed by atoms with Crippen molar-refractivity contribution in [1.82, 2.24) is 9.29 Å². The first-order valence-corrected chi connectivity index (χ1v) is 13.3. The SMILES string of the molecule is CCOc1ccc(S(=O)(=O)N2CCCCC2)cc1NC(=O)c1sc(-c2ccccc2)nc1C. The molecule has 1 aromatic heterocycles. The number of sulfonamides is 1.